The molecular formula is C13H19N3O4. The van der Waals surface area contributed by atoms with E-state index < -0.39 is 12.0 Å². The molecule has 0 radical (unpaired) electrons. The Hall–Kier alpha value is -2.57. The van der Waals surface area contributed by atoms with Gasteiger partial charge in [0.2, 0.25) is 11.8 Å². The third kappa shape index (κ3) is 9.46. The van der Waals surface area contributed by atoms with Gasteiger partial charge in [-0.05, 0) is 18.6 Å². The van der Waals surface area contributed by atoms with E-state index in [2.05, 4.69) is 16.6 Å². The lowest BCUT2D eigenvalue weighted by Crippen LogP contribution is -2.23. The van der Waals surface area contributed by atoms with Crippen LogP contribution in [0.3, 0.4) is 0 Å². The molecule has 0 fully saturated rings. The number of nitrogens with two attached hydrogens (primary N) is 2. The molecule has 7 nitrogen and oxygen atoms in total. The molecule has 0 heterocycles. The van der Waals surface area contributed by atoms with E-state index in [4.69, 9.17) is 11.5 Å². The average molecular weight is 281 g/mol. The summed E-state index contributed by atoms with van der Waals surface area (Å²) < 4.78 is 4.62. The Morgan fingerprint density at radius 3 is 2.35 bits per heavy atom. The second kappa shape index (κ2) is 9.37. The Kier molecular flexibility index (Phi) is 8.17. The van der Waals surface area contributed by atoms with Crippen LogP contribution in [0.4, 0.5) is 4.79 Å². The summed E-state index contributed by atoms with van der Waals surface area (Å²) in [6.45, 7) is 5.42. The first kappa shape index (κ1) is 17.4. The highest BCUT2D eigenvalue weighted by atomic mass is 16.5. The zero-order valence-corrected chi connectivity index (χ0v) is 11.3. The average Bonchev–Trinajstić information content (AvgIpc) is 2.36. The summed E-state index contributed by atoms with van der Waals surface area (Å²) in [7, 11) is 0. The van der Waals surface area contributed by atoms with Crippen molar-refractivity contribution in [1.82, 2.24) is 5.32 Å². The van der Waals surface area contributed by atoms with Crippen molar-refractivity contribution in [1.29, 1.82) is 0 Å². The first-order valence-electron chi connectivity index (χ1n) is 5.87. The van der Waals surface area contributed by atoms with Crippen LogP contribution >= 0.6 is 0 Å². The lowest BCUT2D eigenvalue weighted by atomic mass is 10.2. The molecule has 0 saturated carbocycles. The number of ether oxygens (including phenoxy) is 1. The molecule has 0 aromatic heterocycles. The Labute approximate surface area is 117 Å². The van der Waals surface area contributed by atoms with E-state index in [1.165, 1.54) is 0 Å². The smallest absolute Gasteiger partial charge is 0.404 e. The molecule has 0 rings (SSSR count). The monoisotopic (exact) mass is 281 g/mol. The van der Waals surface area contributed by atoms with Gasteiger partial charge < -0.3 is 21.5 Å². The fraction of sp³-hybridized carbons (Fsp3) is 0.308. The zero-order valence-electron chi connectivity index (χ0n) is 11.3. The SMILES string of the molecule is C=C(/C=C\C(=C/C)COC(N)=O)NC(=O)CCC(N)=O. The van der Waals surface area contributed by atoms with Gasteiger partial charge in [-0.2, -0.15) is 0 Å². The number of amides is 3. The molecule has 0 aliphatic rings. The normalized spacial score (nSPS) is 11.2. The van der Waals surface area contributed by atoms with Crippen molar-refractivity contribution in [2.75, 3.05) is 6.61 Å². The van der Waals surface area contributed by atoms with Gasteiger partial charge in [0.1, 0.15) is 6.61 Å². The lowest BCUT2D eigenvalue weighted by molar-refractivity contribution is -0.124. The molecule has 0 bridgehead atoms. The molecule has 0 aromatic carbocycles. The van der Waals surface area contributed by atoms with Crippen molar-refractivity contribution < 1.29 is 19.1 Å². The second-order valence-corrected chi connectivity index (χ2v) is 3.84. The molecule has 110 valence electrons. The minimum Gasteiger partial charge on any atom is -0.445 e. The highest BCUT2D eigenvalue weighted by Crippen LogP contribution is 2.01. The van der Waals surface area contributed by atoms with E-state index in [9.17, 15) is 14.4 Å². The Morgan fingerprint density at radius 1 is 1.20 bits per heavy atom. The van der Waals surface area contributed by atoms with Crippen molar-refractivity contribution in [2.45, 2.75) is 19.8 Å². The molecule has 7 heteroatoms. The quantitative estimate of drug-likeness (QED) is 0.559. The van der Waals surface area contributed by atoms with E-state index in [0.717, 1.165) is 0 Å². The third-order valence-corrected chi connectivity index (χ3v) is 2.15. The molecule has 3 amide bonds. The predicted octanol–water partition coefficient (Wildman–Crippen LogP) is 0.480. The van der Waals surface area contributed by atoms with Crippen molar-refractivity contribution >= 4 is 17.9 Å². The van der Waals surface area contributed by atoms with Crippen LogP contribution < -0.4 is 16.8 Å². The van der Waals surface area contributed by atoms with Crippen LogP contribution in [-0.4, -0.2) is 24.5 Å². The third-order valence-electron chi connectivity index (χ3n) is 2.15. The Balaban J connectivity index is 4.23. The highest BCUT2D eigenvalue weighted by Gasteiger charge is 2.04. The number of hydrogen-bond acceptors (Lipinski definition) is 4. The Morgan fingerprint density at radius 2 is 1.85 bits per heavy atom. The summed E-state index contributed by atoms with van der Waals surface area (Å²) in [5, 5.41) is 2.49. The fourth-order valence-electron chi connectivity index (χ4n) is 1.11. The maximum atomic E-state index is 11.4. The molecular weight excluding hydrogens is 262 g/mol. The molecule has 0 saturated heterocycles. The van der Waals surface area contributed by atoms with Crippen LogP contribution in [0.15, 0.2) is 36.1 Å². The molecule has 0 aliphatic heterocycles. The molecule has 0 atom stereocenters. The van der Waals surface area contributed by atoms with E-state index in [-0.39, 0.29) is 25.4 Å². The number of hydrogen-bond donors (Lipinski definition) is 3. The predicted molar refractivity (Wildman–Crippen MR) is 74.1 cm³/mol. The largest absolute Gasteiger partial charge is 0.445 e. The fourth-order valence-corrected chi connectivity index (χ4v) is 1.11. The molecule has 0 spiro atoms. The van der Waals surface area contributed by atoms with Gasteiger partial charge in [-0.3, -0.25) is 9.59 Å². The number of primary amides is 2. The van der Waals surface area contributed by atoms with Gasteiger partial charge in [0.15, 0.2) is 0 Å². The van der Waals surface area contributed by atoms with Crippen LogP contribution in [0.1, 0.15) is 19.8 Å². The standard InChI is InChI=1S/C13H19N3O4/c1-3-10(8-20-13(15)19)5-4-9(2)16-12(18)7-6-11(14)17/h3-5H,2,6-8H2,1H3,(H2,14,17)(H2,15,19)(H,16,18)/b5-4-,10-3+. The summed E-state index contributed by atoms with van der Waals surface area (Å²) >= 11 is 0. The molecule has 0 aliphatic carbocycles. The van der Waals surface area contributed by atoms with Crippen LogP contribution in [-0.2, 0) is 14.3 Å². The summed E-state index contributed by atoms with van der Waals surface area (Å²) in [4.78, 5) is 32.4. The minimum absolute atomic E-state index is 0.00343. The first-order valence-corrected chi connectivity index (χ1v) is 5.87. The van der Waals surface area contributed by atoms with Crippen LogP contribution in [0, 0.1) is 0 Å². The van der Waals surface area contributed by atoms with Crippen LogP contribution in [0.25, 0.3) is 0 Å². The van der Waals surface area contributed by atoms with Gasteiger partial charge in [-0.15, -0.1) is 0 Å². The van der Waals surface area contributed by atoms with Gasteiger partial charge in [0.25, 0.3) is 0 Å². The summed E-state index contributed by atoms with van der Waals surface area (Å²) in [5.41, 5.74) is 10.8. The van der Waals surface area contributed by atoms with Crippen LogP contribution in [0.5, 0.6) is 0 Å². The lowest BCUT2D eigenvalue weighted by Gasteiger charge is -2.05. The van der Waals surface area contributed by atoms with Gasteiger partial charge in [0.05, 0.1) is 0 Å². The Bertz CT molecular complexity index is 453. The van der Waals surface area contributed by atoms with Gasteiger partial charge >= 0.3 is 6.09 Å². The summed E-state index contributed by atoms with van der Waals surface area (Å²) in [5.74, 6) is -0.894. The maximum Gasteiger partial charge on any atom is 0.404 e. The van der Waals surface area contributed by atoms with Crippen molar-refractivity contribution in [3.63, 3.8) is 0 Å². The topological polar surface area (TPSA) is 125 Å². The van der Waals surface area contributed by atoms with Gasteiger partial charge in [-0.1, -0.05) is 18.7 Å². The molecule has 20 heavy (non-hydrogen) atoms. The van der Waals surface area contributed by atoms with E-state index in [0.29, 0.717) is 11.3 Å². The molecule has 0 aromatic rings. The number of nitrogens with one attached hydrogen (secondary N) is 1. The second-order valence-electron chi connectivity index (χ2n) is 3.84. The van der Waals surface area contributed by atoms with Crippen molar-refractivity contribution in [3.8, 4) is 0 Å². The molecule has 5 N–H and O–H groups in total. The van der Waals surface area contributed by atoms with Crippen molar-refractivity contribution in [2.24, 2.45) is 11.5 Å². The van der Waals surface area contributed by atoms with E-state index in [1.807, 2.05) is 0 Å². The van der Waals surface area contributed by atoms with Crippen molar-refractivity contribution in [3.05, 3.63) is 36.1 Å². The molecule has 0 unspecified atom stereocenters. The number of carbonyl (C=O) groups excluding carboxylic acids is 3. The van der Waals surface area contributed by atoms with E-state index >= 15 is 0 Å². The minimum atomic E-state index is -0.865. The van der Waals surface area contributed by atoms with Gasteiger partial charge in [0, 0.05) is 18.5 Å². The summed E-state index contributed by atoms with van der Waals surface area (Å²) in [6.07, 6.45) is 4.01. The first-order chi connectivity index (χ1) is 9.35. The highest BCUT2D eigenvalue weighted by molar-refractivity contribution is 5.83. The van der Waals surface area contributed by atoms with Gasteiger partial charge in [-0.25, -0.2) is 4.79 Å². The summed E-state index contributed by atoms with van der Waals surface area (Å²) in [6, 6.07) is 0. The van der Waals surface area contributed by atoms with Crippen LogP contribution in [0.2, 0.25) is 0 Å². The zero-order chi connectivity index (χ0) is 15.5. The van der Waals surface area contributed by atoms with E-state index in [1.54, 1.807) is 25.2 Å². The maximum absolute atomic E-state index is 11.4. The number of rotatable bonds is 8. The number of carbonyl (C=O) groups is 3. The number of allylic oxidation sites excluding steroid dienone is 2.